The average molecular weight is 294 g/mol. The van der Waals surface area contributed by atoms with Gasteiger partial charge in [0.05, 0.1) is 12.8 Å². The minimum Gasteiger partial charge on any atom is -0.468 e. The lowest BCUT2D eigenvalue weighted by atomic mass is 9.94. The van der Waals surface area contributed by atoms with Gasteiger partial charge in [0.25, 0.3) is 0 Å². The molecule has 1 aromatic carbocycles. The summed E-state index contributed by atoms with van der Waals surface area (Å²) in [4.78, 5) is 0. The van der Waals surface area contributed by atoms with Crippen LogP contribution in [0, 0.1) is 0 Å². The van der Waals surface area contributed by atoms with Crippen molar-refractivity contribution in [3.05, 3.63) is 58.5 Å². The van der Waals surface area contributed by atoms with Gasteiger partial charge in [-0.05, 0) is 43.7 Å². The molecule has 0 radical (unpaired) electrons. The maximum atomic E-state index is 5.31. The minimum atomic E-state index is -0.0759. The summed E-state index contributed by atoms with van der Waals surface area (Å²) >= 11 is 3.45. The number of hydrogen-bond donors (Lipinski definition) is 1. The minimum absolute atomic E-state index is 0.0759. The predicted molar refractivity (Wildman–Crippen MR) is 72.7 cm³/mol. The molecule has 0 bridgehead atoms. The van der Waals surface area contributed by atoms with Crippen molar-refractivity contribution in [2.75, 3.05) is 0 Å². The smallest absolute Gasteiger partial charge is 0.117 e. The van der Waals surface area contributed by atoms with Crippen LogP contribution in [0.5, 0.6) is 0 Å². The van der Waals surface area contributed by atoms with E-state index in [4.69, 9.17) is 4.42 Å². The topological polar surface area (TPSA) is 25.2 Å². The van der Waals surface area contributed by atoms with E-state index in [0.717, 1.165) is 16.8 Å². The van der Waals surface area contributed by atoms with Crippen LogP contribution in [0.3, 0.4) is 0 Å². The Morgan fingerprint density at radius 3 is 2.47 bits per heavy atom. The molecule has 17 heavy (non-hydrogen) atoms. The molecule has 2 nitrogen and oxygen atoms in total. The normalized spacial score (nSPS) is 11.7. The van der Waals surface area contributed by atoms with Crippen molar-refractivity contribution in [1.29, 1.82) is 0 Å². The summed E-state index contributed by atoms with van der Waals surface area (Å²) in [5.41, 5.74) is 1.18. The largest absolute Gasteiger partial charge is 0.468 e. The lowest BCUT2D eigenvalue weighted by Gasteiger charge is -2.26. The summed E-state index contributed by atoms with van der Waals surface area (Å²) < 4.78 is 6.41. The first kappa shape index (κ1) is 12.4. The number of nitrogens with one attached hydrogen (secondary N) is 1. The molecule has 2 aromatic rings. The van der Waals surface area contributed by atoms with Crippen LogP contribution in [-0.2, 0) is 12.1 Å². The summed E-state index contributed by atoms with van der Waals surface area (Å²) in [5.74, 6) is 0.954. The molecule has 90 valence electrons. The van der Waals surface area contributed by atoms with Crippen LogP contribution < -0.4 is 5.32 Å². The summed E-state index contributed by atoms with van der Waals surface area (Å²) in [6.45, 7) is 5.06. The molecule has 2 rings (SSSR count). The fraction of sp³-hybridized carbons (Fsp3) is 0.286. The molecule has 0 saturated heterocycles. The third-order valence-electron chi connectivity index (χ3n) is 2.85. The second kappa shape index (κ2) is 5.07. The van der Waals surface area contributed by atoms with Crippen molar-refractivity contribution in [2.24, 2.45) is 0 Å². The number of halogens is 1. The van der Waals surface area contributed by atoms with Crippen LogP contribution >= 0.6 is 15.9 Å². The maximum Gasteiger partial charge on any atom is 0.117 e. The molecule has 0 spiro atoms. The highest BCUT2D eigenvalue weighted by Gasteiger charge is 2.19. The molecule has 0 amide bonds. The highest BCUT2D eigenvalue weighted by Crippen LogP contribution is 2.22. The SMILES string of the molecule is CC(C)(NCc1ccco1)c1ccc(Br)cc1. The van der Waals surface area contributed by atoms with Crippen LogP contribution in [0.15, 0.2) is 51.6 Å². The van der Waals surface area contributed by atoms with Gasteiger partial charge in [-0.2, -0.15) is 0 Å². The number of hydrogen-bond acceptors (Lipinski definition) is 2. The molecule has 0 aliphatic heterocycles. The second-order valence-electron chi connectivity index (χ2n) is 4.56. The van der Waals surface area contributed by atoms with Crippen LogP contribution in [-0.4, -0.2) is 0 Å². The molecule has 0 aliphatic carbocycles. The Labute approximate surface area is 110 Å². The van der Waals surface area contributed by atoms with E-state index in [-0.39, 0.29) is 5.54 Å². The highest BCUT2D eigenvalue weighted by molar-refractivity contribution is 9.10. The van der Waals surface area contributed by atoms with Gasteiger partial charge in [0.15, 0.2) is 0 Å². The zero-order valence-electron chi connectivity index (χ0n) is 10.0. The molecule has 0 unspecified atom stereocenters. The van der Waals surface area contributed by atoms with Crippen molar-refractivity contribution in [2.45, 2.75) is 25.9 Å². The first-order valence-electron chi connectivity index (χ1n) is 5.61. The van der Waals surface area contributed by atoms with Crippen molar-refractivity contribution < 1.29 is 4.42 Å². The van der Waals surface area contributed by atoms with E-state index in [1.807, 2.05) is 12.1 Å². The first-order chi connectivity index (χ1) is 8.08. The molecule has 3 heteroatoms. The third kappa shape index (κ3) is 3.20. The van der Waals surface area contributed by atoms with Crippen molar-refractivity contribution in [3.8, 4) is 0 Å². The number of benzene rings is 1. The van der Waals surface area contributed by atoms with E-state index in [2.05, 4.69) is 59.4 Å². The molecule has 1 heterocycles. The Morgan fingerprint density at radius 2 is 1.88 bits per heavy atom. The molecule has 0 aliphatic rings. The summed E-state index contributed by atoms with van der Waals surface area (Å²) in [5, 5.41) is 3.49. The van der Waals surface area contributed by atoms with Crippen LogP contribution in [0.2, 0.25) is 0 Å². The molecule has 0 saturated carbocycles. The fourth-order valence-corrected chi connectivity index (χ4v) is 1.95. The van der Waals surface area contributed by atoms with Gasteiger partial charge >= 0.3 is 0 Å². The highest BCUT2D eigenvalue weighted by atomic mass is 79.9. The Balaban J connectivity index is 2.05. The zero-order valence-corrected chi connectivity index (χ0v) is 11.6. The van der Waals surface area contributed by atoms with Gasteiger partial charge in [0.1, 0.15) is 5.76 Å². The summed E-state index contributed by atoms with van der Waals surface area (Å²) in [6, 6.07) is 12.3. The molecule has 1 aromatic heterocycles. The van der Waals surface area contributed by atoms with Crippen LogP contribution in [0.4, 0.5) is 0 Å². The van der Waals surface area contributed by atoms with E-state index in [1.54, 1.807) is 6.26 Å². The lowest BCUT2D eigenvalue weighted by Crippen LogP contribution is -2.35. The van der Waals surface area contributed by atoms with Gasteiger partial charge in [-0.15, -0.1) is 0 Å². The monoisotopic (exact) mass is 293 g/mol. The van der Waals surface area contributed by atoms with E-state index < -0.39 is 0 Å². The first-order valence-corrected chi connectivity index (χ1v) is 6.41. The van der Waals surface area contributed by atoms with Crippen LogP contribution in [0.25, 0.3) is 0 Å². The van der Waals surface area contributed by atoms with E-state index in [9.17, 15) is 0 Å². The van der Waals surface area contributed by atoms with E-state index in [0.29, 0.717) is 0 Å². The van der Waals surface area contributed by atoms with Gasteiger partial charge in [-0.25, -0.2) is 0 Å². The van der Waals surface area contributed by atoms with Gasteiger partial charge in [0.2, 0.25) is 0 Å². The van der Waals surface area contributed by atoms with Gasteiger partial charge in [0, 0.05) is 10.0 Å². The molecule has 1 N–H and O–H groups in total. The van der Waals surface area contributed by atoms with Crippen molar-refractivity contribution in [3.63, 3.8) is 0 Å². The Morgan fingerprint density at radius 1 is 1.18 bits per heavy atom. The van der Waals surface area contributed by atoms with Gasteiger partial charge in [-0.1, -0.05) is 28.1 Å². The molecular formula is C14H16BrNO. The van der Waals surface area contributed by atoms with Crippen LogP contribution in [0.1, 0.15) is 25.2 Å². The predicted octanol–water partition coefficient (Wildman–Crippen LogP) is 4.07. The van der Waals surface area contributed by atoms with Crippen molar-refractivity contribution >= 4 is 15.9 Å². The average Bonchev–Trinajstić information content (AvgIpc) is 2.80. The van der Waals surface area contributed by atoms with Gasteiger partial charge < -0.3 is 9.73 Å². The van der Waals surface area contributed by atoms with E-state index >= 15 is 0 Å². The zero-order chi connectivity index (χ0) is 12.3. The quantitative estimate of drug-likeness (QED) is 0.919. The molecular weight excluding hydrogens is 278 g/mol. The Bertz CT molecular complexity index is 459. The summed E-state index contributed by atoms with van der Waals surface area (Å²) in [7, 11) is 0. The maximum absolute atomic E-state index is 5.31. The summed E-state index contributed by atoms with van der Waals surface area (Å²) in [6.07, 6.45) is 1.70. The van der Waals surface area contributed by atoms with Gasteiger partial charge in [-0.3, -0.25) is 0 Å². The number of rotatable bonds is 4. The Kier molecular flexibility index (Phi) is 3.69. The fourth-order valence-electron chi connectivity index (χ4n) is 1.69. The lowest BCUT2D eigenvalue weighted by molar-refractivity contribution is 0.371. The van der Waals surface area contributed by atoms with Crippen molar-refractivity contribution in [1.82, 2.24) is 5.32 Å². The second-order valence-corrected chi connectivity index (χ2v) is 5.48. The standard InChI is InChI=1S/C14H16BrNO/c1-14(2,11-5-7-12(15)8-6-11)16-10-13-4-3-9-17-13/h3-9,16H,10H2,1-2H3. The number of furan rings is 1. The molecule has 0 fully saturated rings. The molecule has 0 atom stereocenters. The Hall–Kier alpha value is -1.06. The van der Waals surface area contributed by atoms with E-state index in [1.165, 1.54) is 5.56 Å². The third-order valence-corrected chi connectivity index (χ3v) is 3.38.